The third-order valence-electron chi connectivity index (χ3n) is 3.35. The van der Waals surface area contributed by atoms with Crippen LogP contribution in [0.15, 0.2) is 36.5 Å². The second-order valence-electron chi connectivity index (χ2n) is 4.08. The van der Waals surface area contributed by atoms with Crippen molar-refractivity contribution < 1.29 is 4.74 Å². The van der Waals surface area contributed by atoms with Gasteiger partial charge in [0.2, 0.25) is 0 Å². The molecule has 4 unspecified atom stereocenters. The highest BCUT2D eigenvalue weighted by atomic mass is 16.5. The fourth-order valence-corrected chi connectivity index (χ4v) is 2.69. The van der Waals surface area contributed by atoms with Crippen LogP contribution in [-0.2, 0) is 4.74 Å². The third kappa shape index (κ3) is 1.11. The lowest BCUT2D eigenvalue weighted by Crippen LogP contribution is -2.21. The summed E-state index contributed by atoms with van der Waals surface area (Å²) in [6.07, 6.45) is 16.5. The first-order chi connectivity index (χ1) is 6.45. The molecule has 68 valence electrons. The van der Waals surface area contributed by atoms with Crippen molar-refractivity contribution >= 4 is 0 Å². The molecule has 1 heterocycles. The summed E-state index contributed by atoms with van der Waals surface area (Å²) < 4.78 is 5.94. The summed E-state index contributed by atoms with van der Waals surface area (Å²) in [5.74, 6) is 1.37. The van der Waals surface area contributed by atoms with E-state index in [0.717, 1.165) is 5.92 Å². The van der Waals surface area contributed by atoms with Crippen molar-refractivity contribution in [3.05, 3.63) is 36.5 Å². The van der Waals surface area contributed by atoms with E-state index in [0.29, 0.717) is 18.1 Å². The largest absolute Gasteiger partial charge is 0.366 e. The Morgan fingerprint density at radius 2 is 1.92 bits per heavy atom. The van der Waals surface area contributed by atoms with E-state index in [1.165, 1.54) is 12.8 Å². The summed E-state index contributed by atoms with van der Waals surface area (Å²) in [4.78, 5) is 0. The van der Waals surface area contributed by atoms with Gasteiger partial charge in [0.1, 0.15) is 0 Å². The monoisotopic (exact) mass is 174 g/mol. The lowest BCUT2D eigenvalue weighted by atomic mass is 9.80. The van der Waals surface area contributed by atoms with E-state index in [1.54, 1.807) is 0 Å². The van der Waals surface area contributed by atoms with Gasteiger partial charge < -0.3 is 4.74 Å². The van der Waals surface area contributed by atoms with Gasteiger partial charge in [0.05, 0.1) is 12.2 Å². The van der Waals surface area contributed by atoms with Crippen LogP contribution in [0.4, 0.5) is 0 Å². The number of hydrogen-bond donors (Lipinski definition) is 0. The number of ether oxygens (including phenoxy) is 1. The molecule has 0 saturated carbocycles. The molecule has 1 heteroatoms. The van der Waals surface area contributed by atoms with Gasteiger partial charge in [-0.1, -0.05) is 36.5 Å². The number of hydrogen-bond acceptors (Lipinski definition) is 1. The standard InChI is InChI=1S/C12H14O/c1-3-7-11-9(5-1)10-6-2-4-8-12(10)13-11/h1,3-5,7-12H,2,6H2. The van der Waals surface area contributed by atoms with Crippen LogP contribution < -0.4 is 0 Å². The Morgan fingerprint density at radius 3 is 2.92 bits per heavy atom. The van der Waals surface area contributed by atoms with Crippen molar-refractivity contribution in [3.63, 3.8) is 0 Å². The van der Waals surface area contributed by atoms with Crippen LogP contribution in [0.25, 0.3) is 0 Å². The van der Waals surface area contributed by atoms with Crippen LogP contribution in [0.3, 0.4) is 0 Å². The quantitative estimate of drug-likeness (QED) is 0.512. The summed E-state index contributed by atoms with van der Waals surface area (Å²) in [7, 11) is 0. The van der Waals surface area contributed by atoms with Crippen molar-refractivity contribution in [1.82, 2.24) is 0 Å². The van der Waals surface area contributed by atoms with Crippen LogP contribution in [0.1, 0.15) is 12.8 Å². The smallest absolute Gasteiger partial charge is 0.0833 e. The van der Waals surface area contributed by atoms with Crippen LogP contribution >= 0.6 is 0 Å². The van der Waals surface area contributed by atoms with Gasteiger partial charge in [0.25, 0.3) is 0 Å². The Balaban J connectivity index is 1.91. The highest BCUT2D eigenvalue weighted by Crippen LogP contribution is 2.41. The van der Waals surface area contributed by atoms with Gasteiger partial charge in [-0.3, -0.25) is 0 Å². The maximum atomic E-state index is 5.94. The van der Waals surface area contributed by atoms with Crippen molar-refractivity contribution in [2.24, 2.45) is 11.8 Å². The fourth-order valence-electron chi connectivity index (χ4n) is 2.69. The first-order valence-electron chi connectivity index (χ1n) is 5.12. The normalized spacial score (nSPS) is 46.2. The van der Waals surface area contributed by atoms with Gasteiger partial charge in [0, 0.05) is 5.92 Å². The highest BCUT2D eigenvalue weighted by molar-refractivity contribution is 5.21. The van der Waals surface area contributed by atoms with E-state index in [9.17, 15) is 0 Å². The summed E-state index contributed by atoms with van der Waals surface area (Å²) in [6.45, 7) is 0. The average Bonchev–Trinajstić information content (AvgIpc) is 2.56. The van der Waals surface area contributed by atoms with Crippen molar-refractivity contribution in [1.29, 1.82) is 0 Å². The Kier molecular flexibility index (Phi) is 1.66. The molecule has 0 aromatic rings. The molecule has 1 nitrogen and oxygen atoms in total. The third-order valence-corrected chi connectivity index (χ3v) is 3.35. The van der Waals surface area contributed by atoms with Crippen molar-refractivity contribution in [2.45, 2.75) is 25.0 Å². The Bertz CT molecular complexity index is 287. The zero-order valence-corrected chi connectivity index (χ0v) is 7.60. The van der Waals surface area contributed by atoms with E-state index in [2.05, 4.69) is 36.5 Å². The predicted octanol–water partition coefficient (Wildman–Crippen LogP) is 2.46. The van der Waals surface area contributed by atoms with Crippen LogP contribution in [0, 0.1) is 11.8 Å². The topological polar surface area (TPSA) is 9.23 Å². The number of rotatable bonds is 0. The summed E-state index contributed by atoms with van der Waals surface area (Å²) in [5, 5.41) is 0. The molecule has 13 heavy (non-hydrogen) atoms. The second-order valence-corrected chi connectivity index (χ2v) is 4.08. The molecule has 0 aromatic carbocycles. The molecular formula is C12H14O. The SMILES string of the molecule is C1=CC2OC3C=CCCC3C2C=C1. The van der Waals surface area contributed by atoms with Crippen LogP contribution in [-0.4, -0.2) is 12.2 Å². The van der Waals surface area contributed by atoms with Gasteiger partial charge in [0.15, 0.2) is 0 Å². The molecule has 0 N–H and O–H groups in total. The number of fused-ring (bicyclic) bond motifs is 3. The maximum Gasteiger partial charge on any atom is 0.0833 e. The molecule has 1 saturated heterocycles. The Labute approximate surface area is 78.8 Å². The molecule has 0 spiro atoms. The van der Waals surface area contributed by atoms with E-state index < -0.39 is 0 Å². The second kappa shape index (κ2) is 2.85. The lowest BCUT2D eigenvalue weighted by molar-refractivity contribution is 0.0824. The predicted molar refractivity (Wildman–Crippen MR) is 52.3 cm³/mol. The molecule has 3 rings (SSSR count). The molecule has 1 fully saturated rings. The van der Waals surface area contributed by atoms with Gasteiger partial charge in [-0.2, -0.15) is 0 Å². The van der Waals surface area contributed by atoms with Gasteiger partial charge >= 0.3 is 0 Å². The summed E-state index contributed by atoms with van der Waals surface area (Å²) in [5.41, 5.74) is 0. The minimum atomic E-state index is 0.350. The molecular weight excluding hydrogens is 160 g/mol. The minimum absolute atomic E-state index is 0.350. The Hall–Kier alpha value is -0.820. The zero-order chi connectivity index (χ0) is 8.67. The molecule has 0 amide bonds. The van der Waals surface area contributed by atoms with Gasteiger partial charge in [-0.15, -0.1) is 0 Å². The molecule has 2 aliphatic carbocycles. The molecule has 4 atom stereocenters. The van der Waals surface area contributed by atoms with Crippen LogP contribution in [0.2, 0.25) is 0 Å². The van der Waals surface area contributed by atoms with E-state index in [1.807, 2.05) is 0 Å². The van der Waals surface area contributed by atoms with E-state index in [-0.39, 0.29) is 0 Å². The van der Waals surface area contributed by atoms with Crippen molar-refractivity contribution in [2.75, 3.05) is 0 Å². The fraction of sp³-hybridized carbons (Fsp3) is 0.500. The first kappa shape index (κ1) is 7.57. The maximum absolute atomic E-state index is 5.94. The molecule has 0 bridgehead atoms. The lowest BCUT2D eigenvalue weighted by Gasteiger charge is -2.22. The summed E-state index contributed by atoms with van der Waals surface area (Å²) in [6, 6.07) is 0. The highest BCUT2D eigenvalue weighted by Gasteiger charge is 2.41. The molecule has 0 aromatic heterocycles. The Morgan fingerprint density at radius 1 is 1.00 bits per heavy atom. The van der Waals surface area contributed by atoms with Crippen LogP contribution in [0.5, 0.6) is 0 Å². The van der Waals surface area contributed by atoms with E-state index >= 15 is 0 Å². The number of allylic oxidation sites excluding steroid dienone is 3. The summed E-state index contributed by atoms with van der Waals surface area (Å²) >= 11 is 0. The average molecular weight is 174 g/mol. The first-order valence-corrected chi connectivity index (χ1v) is 5.12. The van der Waals surface area contributed by atoms with Gasteiger partial charge in [-0.25, -0.2) is 0 Å². The van der Waals surface area contributed by atoms with Gasteiger partial charge in [-0.05, 0) is 18.8 Å². The van der Waals surface area contributed by atoms with E-state index in [4.69, 9.17) is 4.74 Å². The van der Waals surface area contributed by atoms with Crippen molar-refractivity contribution in [3.8, 4) is 0 Å². The molecule has 3 aliphatic rings. The zero-order valence-electron chi connectivity index (χ0n) is 7.60. The minimum Gasteiger partial charge on any atom is -0.366 e. The molecule has 0 radical (unpaired) electrons. The molecule has 1 aliphatic heterocycles.